The van der Waals surface area contributed by atoms with Crippen LogP contribution >= 0.6 is 0 Å². The van der Waals surface area contributed by atoms with Crippen LogP contribution in [0.5, 0.6) is 0 Å². The molecule has 0 aliphatic carbocycles. The van der Waals surface area contributed by atoms with Crippen molar-refractivity contribution in [3.05, 3.63) is 54.6 Å². The lowest BCUT2D eigenvalue weighted by Crippen LogP contribution is -2.32. The van der Waals surface area contributed by atoms with Gasteiger partial charge in [0.05, 0.1) is 11.2 Å². The Morgan fingerprint density at radius 3 is 2.00 bits per heavy atom. The minimum atomic E-state index is -4.50. The van der Waals surface area contributed by atoms with Crippen molar-refractivity contribution in [1.29, 1.82) is 5.26 Å². The third kappa shape index (κ3) is 2.95. The molecule has 0 radical (unpaired) electrons. The fourth-order valence-corrected chi connectivity index (χ4v) is 4.76. The van der Waals surface area contributed by atoms with Gasteiger partial charge in [-0.25, -0.2) is 8.42 Å². The Morgan fingerprint density at radius 1 is 0.909 bits per heavy atom. The van der Waals surface area contributed by atoms with Crippen molar-refractivity contribution < 1.29 is 16.8 Å². The van der Waals surface area contributed by atoms with Crippen molar-refractivity contribution >= 4 is 20.0 Å². The molecule has 6 nitrogen and oxygen atoms in total. The lowest BCUT2D eigenvalue weighted by Gasteiger charge is -2.16. The van der Waals surface area contributed by atoms with E-state index in [0.29, 0.717) is 17.4 Å². The smallest absolute Gasteiger partial charge is 0.205 e. The second kappa shape index (κ2) is 5.79. The molecule has 8 heteroatoms. The molecule has 2 rings (SSSR count). The summed E-state index contributed by atoms with van der Waals surface area (Å²) in [7, 11) is -8.74. The molecular weight excluding hydrogens is 324 g/mol. The molecule has 0 aliphatic rings. The van der Waals surface area contributed by atoms with Crippen molar-refractivity contribution in [2.24, 2.45) is 0 Å². The van der Waals surface area contributed by atoms with Crippen LogP contribution in [0.3, 0.4) is 0 Å². The molecule has 0 N–H and O–H groups in total. The SMILES string of the molecule is CS(=O)(=O)N(C#N)S(=O)(=O)c1ccccc1-c1ccccc1. The first kappa shape index (κ1) is 16.0. The maximum absolute atomic E-state index is 12.5. The number of benzene rings is 2. The molecule has 0 aliphatic heterocycles. The molecule has 0 saturated carbocycles. The van der Waals surface area contributed by atoms with Gasteiger partial charge in [0.2, 0.25) is 6.19 Å². The normalized spacial score (nSPS) is 11.6. The molecule has 22 heavy (non-hydrogen) atoms. The van der Waals surface area contributed by atoms with E-state index in [9.17, 15) is 16.8 Å². The van der Waals surface area contributed by atoms with Gasteiger partial charge in [-0.2, -0.15) is 13.7 Å². The molecule has 0 heterocycles. The average Bonchev–Trinajstić information content (AvgIpc) is 2.47. The third-order valence-corrected chi connectivity index (χ3v) is 6.37. The quantitative estimate of drug-likeness (QED) is 0.626. The highest BCUT2D eigenvalue weighted by molar-refractivity contribution is 8.04. The summed E-state index contributed by atoms with van der Waals surface area (Å²) in [4.78, 5) is -0.242. The second-order valence-corrected chi connectivity index (χ2v) is 8.24. The lowest BCUT2D eigenvalue weighted by molar-refractivity contribution is 0.544. The third-order valence-electron chi connectivity index (χ3n) is 2.85. The first-order valence-corrected chi connectivity index (χ1v) is 9.37. The second-order valence-electron chi connectivity index (χ2n) is 4.43. The molecule has 0 fully saturated rings. The average molecular weight is 336 g/mol. The number of hydrogen-bond donors (Lipinski definition) is 0. The van der Waals surface area contributed by atoms with Crippen LogP contribution in [-0.4, -0.2) is 26.8 Å². The number of nitriles is 1. The van der Waals surface area contributed by atoms with E-state index in [2.05, 4.69) is 0 Å². The fourth-order valence-electron chi connectivity index (χ4n) is 1.94. The van der Waals surface area contributed by atoms with Gasteiger partial charge in [-0.1, -0.05) is 52.2 Å². The standard InChI is InChI=1S/C14H12N2O4S2/c1-21(17,18)16(11-15)22(19,20)14-10-6-5-9-13(14)12-7-3-2-4-8-12/h2-10H,1H3. The van der Waals surface area contributed by atoms with E-state index < -0.39 is 20.0 Å². The molecule has 0 amide bonds. The van der Waals surface area contributed by atoms with E-state index in [0.717, 1.165) is 0 Å². The highest BCUT2D eigenvalue weighted by atomic mass is 32.3. The van der Waals surface area contributed by atoms with Crippen molar-refractivity contribution in [1.82, 2.24) is 3.71 Å². The molecule has 0 aromatic heterocycles. The Labute approximate surface area is 129 Å². The molecule has 0 atom stereocenters. The first-order chi connectivity index (χ1) is 10.3. The minimum absolute atomic E-state index is 0.179. The minimum Gasteiger partial charge on any atom is -0.205 e. The van der Waals surface area contributed by atoms with Gasteiger partial charge in [-0.3, -0.25) is 0 Å². The van der Waals surface area contributed by atoms with Crippen LogP contribution in [0.1, 0.15) is 0 Å². The maximum atomic E-state index is 12.5. The number of rotatable bonds is 4. The molecule has 2 aromatic rings. The topological polar surface area (TPSA) is 95.3 Å². The van der Waals surface area contributed by atoms with Gasteiger partial charge in [0, 0.05) is 5.56 Å². The molecule has 0 unspecified atom stereocenters. The number of sulfonamides is 2. The Balaban J connectivity index is 2.72. The van der Waals surface area contributed by atoms with Gasteiger partial charge in [0.25, 0.3) is 20.0 Å². The summed E-state index contributed by atoms with van der Waals surface area (Å²) in [6.45, 7) is 0. The Kier molecular flexibility index (Phi) is 4.21. The van der Waals surface area contributed by atoms with Crippen molar-refractivity contribution in [3.8, 4) is 17.3 Å². The Hall–Kier alpha value is -2.37. The zero-order valence-corrected chi connectivity index (χ0v) is 13.2. The number of hydrogen-bond acceptors (Lipinski definition) is 5. The van der Waals surface area contributed by atoms with Gasteiger partial charge in [-0.05, 0) is 11.6 Å². The van der Waals surface area contributed by atoms with Gasteiger partial charge in [-0.15, -0.1) is 0 Å². The zero-order chi connectivity index (χ0) is 16.4. The summed E-state index contributed by atoms with van der Waals surface area (Å²) >= 11 is 0. The predicted molar refractivity (Wildman–Crippen MR) is 81.4 cm³/mol. The highest BCUT2D eigenvalue weighted by Crippen LogP contribution is 2.29. The van der Waals surface area contributed by atoms with Crippen LogP contribution in [0.15, 0.2) is 59.5 Å². The van der Waals surface area contributed by atoms with Crippen LogP contribution in [0, 0.1) is 11.5 Å². The highest BCUT2D eigenvalue weighted by Gasteiger charge is 2.33. The van der Waals surface area contributed by atoms with E-state index in [4.69, 9.17) is 5.26 Å². The van der Waals surface area contributed by atoms with E-state index in [-0.39, 0.29) is 8.61 Å². The molecule has 114 valence electrons. The van der Waals surface area contributed by atoms with Crippen molar-refractivity contribution in [3.63, 3.8) is 0 Å². The maximum Gasteiger partial charge on any atom is 0.286 e. The van der Waals surface area contributed by atoms with Crippen LogP contribution in [-0.2, 0) is 20.0 Å². The number of nitrogens with zero attached hydrogens (tertiary/aromatic N) is 2. The fraction of sp³-hybridized carbons (Fsp3) is 0.0714. The van der Waals surface area contributed by atoms with E-state index in [1.165, 1.54) is 18.3 Å². The monoisotopic (exact) mass is 336 g/mol. The van der Waals surface area contributed by atoms with E-state index in [1.807, 2.05) is 0 Å². The molecule has 0 bridgehead atoms. The summed E-state index contributed by atoms with van der Waals surface area (Å²) in [5.74, 6) is 0. The van der Waals surface area contributed by atoms with Crippen molar-refractivity contribution in [2.75, 3.05) is 6.26 Å². The van der Waals surface area contributed by atoms with Crippen LogP contribution in [0.2, 0.25) is 0 Å². The van der Waals surface area contributed by atoms with Crippen LogP contribution < -0.4 is 0 Å². The summed E-state index contributed by atoms with van der Waals surface area (Å²) < 4.78 is 48.0. The Bertz CT molecular complexity index is 930. The first-order valence-electron chi connectivity index (χ1n) is 6.08. The summed E-state index contributed by atoms with van der Waals surface area (Å²) in [5.41, 5.74) is 0.931. The summed E-state index contributed by atoms with van der Waals surface area (Å²) in [5, 5.41) is 8.94. The summed E-state index contributed by atoms with van der Waals surface area (Å²) in [6.07, 6.45) is 1.88. The largest absolute Gasteiger partial charge is 0.286 e. The zero-order valence-electron chi connectivity index (χ0n) is 11.5. The van der Waals surface area contributed by atoms with Crippen molar-refractivity contribution in [2.45, 2.75) is 4.90 Å². The molecule has 0 spiro atoms. The Morgan fingerprint density at radius 2 is 1.45 bits per heavy atom. The van der Waals surface area contributed by atoms with Gasteiger partial charge in [0.15, 0.2) is 0 Å². The van der Waals surface area contributed by atoms with Gasteiger partial charge >= 0.3 is 0 Å². The molecular formula is C14H12N2O4S2. The van der Waals surface area contributed by atoms with Crippen LogP contribution in [0.25, 0.3) is 11.1 Å². The summed E-state index contributed by atoms with van der Waals surface area (Å²) in [6, 6.07) is 14.6. The predicted octanol–water partition coefficient (Wildman–Crippen LogP) is 1.78. The lowest BCUT2D eigenvalue weighted by atomic mass is 10.1. The van der Waals surface area contributed by atoms with Gasteiger partial charge in [0.1, 0.15) is 0 Å². The van der Waals surface area contributed by atoms with E-state index in [1.54, 1.807) is 42.5 Å². The van der Waals surface area contributed by atoms with E-state index >= 15 is 0 Å². The molecule has 0 saturated heterocycles. The van der Waals surface area contributed by atoms with Crippen LogP contribution in [0.4, 0.5) is 0 Å². The van der Waals surface area contributed by atoms with Gasteiger partial charge < -0.3 is 0 Å². The molecule has 2 aromatic carbocycles.